The molecule has 0 spiro atoms. The van der Waals surface area contributed by atoms with Crippen LogP contribution in [-0.2, 0) is 14.3 Å². The van der Waals surface area contributed by atoms with Crippen molar-refractivity contribution in [3.63, 3.8) is 0 Å². The zero-order chi connectivity index (χ0) is 14.2. The van der Waals surface area contributed by atoms with Crippen LogP contribution in [0.4, 0.5) is 0 Å². The number of aliphatic hydroxyl groups excluding tert-OH is 1. The first kappa shape index (κ1) is 14.8. The van der Waals surface area contributed by atoms with Gasteiger partial charge in [0.25, 0.3) is 0 Å². The molecular weight excluding hydrogens is 246 g/mol. The number of rotatable bonds is 4. The summed E-state index contributed by atoms with van der Waals surface area (Å²) in [6.45, 7) is 7.85. The van der Waals surface area contributed by atoms with Crippen molar-refractivity contribution in [2.45, 2.75) is 71.1 Å². The second-order valence-corrected chi connectivity index (χ2v) is 6.43. The summed E-state index contributed by atoms with van der Waals surface area (Å²) in [4.78, 5) is 13.9. The zero-order valence-electron chi connectivity index (χ0n) is 12.3. The number of hydrogen-bond donors (Lipinski definition) is 1. The molecule has 1 aliphatic heterocycles. The van der Waals surface area contributed by atoms with E-state index in [0.29, 0.717) is 12.5 Å². The van der Waals surface area contributed by atoms with Gasteiger partial charge in [0.05, 0.1) is 12.2 Å². The Balaban J connectivity index is 2.10. The van der Waals surface area contributed by atoms with Crippen molar-refractivity contribution in [1.82, 2.24) is 4.90 Å². The summed E-state index contributed by atoms with van der Waals surface area (Å²) in [5.41, 5.74) is -0.444. The van der Waals surface area contributed by atoms with Gasteiger partial charge in [-0.25, -0.2) is 4.90 Å². The standard InChI is InChI=1S/C14H25NO4/c1-5-18-12(16)11-9-6-7-10(8-9)15(11)13(17)19-14(2,3)4/h9-11,13,17H,5-8H2,1-4H3/t9-,10+,11-,13?/m0/s1. The van der Waals surface area contributed by atoms with E-state index in [1.165, 1.54) is 0 Å². The maximum absolute atomic E-state index is 12.1. The third-order valence-corrected chi connectivity index (χ3v) is 3.88. The Morgan fingerprint density at radius 2 is 2.11 bits per heavy atom. The van der Waals surface area contributed by atoms with Gasteiger partial charge in [-0.05, 0) is 52.9 Å². The third-order valence-electron chi connectivity index (χ3n) is 3.88. The number of nitrogens with zero attached hydrogens (tertiary/aromatic N) is 1. The zero-order valence-corrected chi connectivity index (χ0v) is 12.3. The van der Waals surface area contributed by atoms with Crippen LogP contribution in [0.15, 0.2) is 0 Å². The molecule has 5 heteroatoms. The summed E-state index contributed by atoms with van der Waals surface area (Å²) in [7, 11) is 0. The number of aliphatic hydroxyl groups is 1. The van der Waals surface area contributed by atoms with Crippen molar-refractivity contribution in [2.24, 2.45) is 5.92 Å². The fourth-order valence-corrected chi connectivity index (χ4v) is 3.26. The molecule has 2 aliphatic rings. The molecule has 1 aliphatic carbocycles. The maximum atomic E-state index is 12.1. The van der Waals surface area contributed by atoms with Gasteiger partial charge < -0.3 is 14.6 Å². The molecule has 2 rings (SSSR count). The molecule has 5 nitrogen and oxygen atoms in total. The van der Waals surface area contributed by atoms with Crippen molar-refractivity contribution in [3.8, 4) is 0 Å². The van der Waals surface area contributed by atoms with Crippen molar-refractivity contribution < 1.29 is 19.4 Å². The molecule has 110 valence electrons. The molecule has 0 aromatic heterocycles. The summed E-state index contributed by atoms with van der Waals surface area (Å²) in [6, 6.07) is -0.118. The number of piperidine rings is 1. The summed E-state index contributed by atoms with van der Waals surface area (Å²) in [5, 5.41) is 10.3. The SMILES string of the molecule is CCOC(=O)[C@@H]1[C@H]2CC[C@H](C2)N1C(O)OC(C)(C)C. The monoisotopic (exact) mass is 271 g/mol. The molecule has 1 saturated heterocycles. The summed E-state index contributed by atoms with van der Waals surface area (Å²) in [5.74, 6) is 0.0635. The van der Waals surface area contributed by atoms with E-state index in [0.717, 1.165) is 19.3 Å². The molecule has 1 unspecified atom stereocenters. The lowest BCUT2D eigenvalue weighted by Gasteiger charge is -2.38. The lowest BCUT2D eigenvalue weighted by atomic mass is 9.99. The second kappa shape index (κ2) is 5.38. The van der Waals surface area contributed by atoms with E-state index >= 15 is 0 Å². The summed E-state index contributed by atoms with van der Waals surface area (Å²) in [6.07, 6.45) is 1.97. The molecule has 1 heterocycles. The Morgan fingerprint density at radius 1 is 1.42 bits per heavy atom. The quantitative estimate of drug-likeness (QED) is 0.620. The molecule has 0 radical (unpaired) electrons. The number of likely N-dealkylation sites (tertiary alicyclic amines) is 1. The van der Waals surface area contributed by atoms with Crippen LogP contribution in [0.25, 0.3) is 0 Å². The van der Waals surface area contributed by atoms with Gasteiger partial charge in [0.15, 0.2) is 0 Å². The van der Waals surface area contributed by atoms with Crippen LogP contribution in [0.5, 0.6) is 0 Å². The first-order valence-corrected chi connectivity index (χ1v) is 7.13. The minimum atomic E-state index is -1.04. The molecule has 1 saturated carbocycles. The predicted molar refractivity (Wildman–Crippen MR) is 70.2 cm³/mol. The van der Waals surface area contributed by atoms with Crippen LogP contribution in [-0.4, -0.2) is 46.7 Å². The Morgan fingerprint density at radius 3 is 2.68 bits per heavy atom. The number of carbonyl (C=O) groups is 1. The van der Waals surface area contributed by atoms with Gasteiger partial charge in [-0.1, -0.05) is 0 Å². The van der Waals surface area contributed by atoms with E-state index in [-0.39, 0.29) is 18.1 Å². The normalized spacial score (nSPS) is 32.6. The number of ether oxygens (including phenoxy) is 2. The first-order chi connectivity index (χ1) is 8.83. The van der Waals surface area contributed by atoms with E-state index in [4.69, 9.17) is 9.47 Å². The average molecular weight is 271 g/mol. The fraction of sp³-hybridized carbons (Fsp3) is 0.929. The van der Waals surface area contributed by atoms with Crippen molar-refractivity contribution in [3.05, 3.63) is 0 Å². The van der Waals surface area contributed by atoms with Crippen LogP contribution in [0, 0.1) is 5.92 Å². The second-order valence-electron chi connectivity index (χ2n) is 6.43. The van der Waals surface area contributed by atoms with Gasteiger partial charge >= 0.3 is 5.97 Å². The topological polar surface area (TPSA) is 59.0 Å². The highest BCUT2D eigenvalue weighted by Crippen LogP contribution is 2.44. The van der Waals surface area contributed by atoms with Crippen LogP contribution < -0.4 is 0 Å². The molecule has 2 bridgehead atoms. The highest BCUT2D eigenvalue weighted by atomic mass is 16.6. The van der Waals surface area contributed by atoms with Crippen molar-refractivity contribution in [2.75, 3.05) is 6.61 Å². The number of hydrogen-bond acceptors (Lipinski definition) is 5. The highest BCUT2D eigenvalue weighted by molar-refractivity contribution is 5.77. The Kier molecular flexibility index (Phi) is 4.18. The van der Waals surface area contributed by atoms with Crippen LogP contribution in [0.2, 0.25) is 0 Å². The van der Waals surface area contributed by atoms with Gasteiger partial charge in [-0.15, -0.1) is 0 Å². The molecular formula is C14H25NO4. The molecule has 2 fully saturated rings. The van der Waals surface area contributed by atoms with E-state index in [1.54, 1.807) is 11.8 Å². The molecule has 19 heavy (non-hydrogen) atoms. The predicted octanol–water partition coefficient (Wildman–Crippen LogP) is 1.49. The van der Waals surface area contributed by atoms with Crippen LogP contribution >= 0.6 is 0 Å². The molecule has 0 aromatic rings. The first-order valence-electron chi connectivity index (χ1n) is 7.13. The smallest absolute Gasteiger partial charge is 0.323 e. The highest BCUT2D eigenvalue weighted by Gasteiger charge is 2.53. The molecule has 0 amide bonds. The number of carbonyl (C=O) groups excluding carboxylic acids is 1. The van der Waals surface area contributed by atoms with Gasteiger partial charge in [-0.3, -0.25) is 4.79 Å². The van der Waals surface area contributed by atoms with E-state index < -0.39 is 12.0 Å². The lowest BCUT2D eigenvalue weighted by molar-refractivity contribution is -0.256. The molecule has 4 atom stereocenters. The Labute approximate surface area is 114 Å². The van der Waals surface area contributed by atoms with Gasteiger partial charge in [-0.2, -0.15) is 0 Å². The largest absolute Gasteiger partial charge is 0.465 e. The van der Waals surface area contributed by atoms with E-state index in [1.807, 2.05) is 20.8 Å². The fourth-order valence-electron chi connectivity index (χ4n) is 3.26. The van der Waals surface area contributed by atoms with E-state index in [2.05, 4.69) is 0 Å². The van der Waals surface area contributed by atoms with E-state index in [9.17, 15) is 9.90 Å². The Bertz CT molecular complexity index is 339. The van der Waals surface area contributed by atoms with Gasteiger partial charge in [0, 0.05) is 6.04 Å². The van der Waals surface area contributed by atoms with Crippen LogP contribution in [0.3, 0.4) is 0 Å². The van der Waals surface area contributed by atoms with Gasteiger partial charge in [0.1, 0.15) is 6.04 Å². The van der Waals surface area contributed by atoms with Crippen LogP contribution in [0.1, 0.15) is 47.0 Å². The number of fused-ring (bicyclic) bond motifs is 2. The maximum Gasteiger partial charge on any atom is 0.323 e. The minimum absolute atomic E-state index is 0.230. The van der Waals surface area contributed by atoms with Gasteiger partial charge in [0.2, 0.25) is 6.41 Å². The summed E-state index contributed by atoms with van der Waals surface area (Å²) < 4.78 is 10.7. The average Bonchev–Trinajstić information content (AvgIpc) is 2.85. The minimum Gasteiger partial charge on any atom is -0.465 e. The molecule has 0 aromatic carbocycles. The third kappa shape index (κ3) is 3.09. The number of esters is 1. The summed E-state index contributed by atoms with van der Waals surface area (Å²) >= 11 is 0. The molecule has 1 N–H and O–H groups in total. The lowest BCUT2D eigenvalue weighted by Crippen LogP contribution is -2.54. The Hall–Kier alpha value is -0.650. The van der Waals surface area contributed by atoms with Crippen molar-refractivity contribution in [1.29, 1.82) is 0 Å². The van der Waals surface area contributed by atoms with Crippen molar-refractivity contribution >= 4 is 5.97 Å².